The molecule has 1 aliphatic heterocycles. The largest absolute Gasteiger partial charge is 0.495 e. The van der Waals surface area contributed by atoms with Crippen molar-refractivity contribution in [2.24, 2.45) is 0 Å². The van der Waals surface area contributed by atoms with Crippen LogP contribution in [0, 0.1) is 0 Å². The second kappa shape index (κ2) is 5.21. The third kappa shape index (κ3) is 2.32. The van der Waals surface area contributed by atoms with Gasteiger partial charge in [0.1, 0.15) is 11.4 Å². The number of likely N-dealkylation sites (tertiary alicyclic amines) is 1. The maximum Gasteiger partial charge on any atom is 0.137 e. The average molecular weight is 259 g/mol. The Hall–Kier alpha value is -1.55. The first kappa shape index (κ1) is 12.5. The van der Waals surface area contributed by atoms with Crippen molar-refractivity contribution >= 4 is 5.65 Å². The SMILES string of the molecule is CCN1CCCCC1c1cn2cc(OC)ccc2n1. The first-order valence-corrected chi connectivity index (χ1v) is 7.08. The number of hydrogen-bond acceptors (Lipinski definition) is 3. The number of piperidine rings is 1. The Morgan fingerprint density at radius 3 is 3.00 bits per heavy atom. The lowest BCUT2D eigenvalue weighted by molar-refractivity contribution is 0.154. The summed E-state index contributed by atoms with van der Waals surface area (Å²) < 4.78 is 7.33. The number of imidazole rings is 1. The highest BCUT2D eigenvalue weighted by molar-refractivity contribution is 5.43. The molecular formula is C15H21N3O. The highest BCUT2D eigenvalue weighted by atomic mass is 16.5. The van der Waals surface area contributed by atoms with Gasteiger partial charge in [0.15, 0.2) is 0 Å². The molecule has 0 bridgehead atoms. The summed E-state index contributed by atoms with van der Waals surface area (Å²) in [6.45, 7) is 4.53. The van der Waals surface area contributed by atoms with E-state index < -0.39 is 0 Å². The van der Waals surface area contributed by atoms with Crippen LogP contribution < -0.4 is 4.74 Å². The van der Waals surface area contributed by atoms with Crippen LogP contribution in [-0.4, -0.2) is 34.5 Å². The van der Waals surface area contributed by atoms with E-state index in [-0.39, 0.29) is 0 Å². The van der Waals surface area contributed by atoms with Crippen molar-refractivity contribution in [1.29, 1.82) is 0 Å². The van der Waals surface area contributed by atoms with E-state index in [2.05, 4.69) is 22.4 Å². The fourth-order valence-corrected chi connectivity index (χ4v) is 2.98. The molecule has 3 rings (SSSR count). The first-order chi connectivity index (χ1) is 9.31. The molecule has 0 spiro atoms. The molecule has 4 heteroatoms. The van der Waals surface area contributed by atoms with Gasteiger partial charge in [-0.1, -0.05) is 13.3 Å². The average Bonchev–Trinajstić information content (AvgIpc) is 2.89. The molecule has 0 N–H and O–H groups in total. The van der Waals surface area contributed by atoms with Crippen molar-refractivity contribution in [3.05, 3.63) is 30.2 Å². The molecular weight excluding hydrogens is 238 g/mol. The Bertz CT molecular complexity index is 564. The molecule has 19 heavy (non-hydrogen) atoms. The third-order valence-electron chi connectivity index (χ3n) is 4.04. The molecule has 0 radical (unpaired) electrons. The Balaban J connectivity index is 1.95. The number of pyridine rings is 1. The Kier molecular flexibility index (Phi) is 3.42. The summed E-state index contributed by atoms with van der Waals surface area (Å²) in [6, 6.07) is 4.45. The summed E-state index contributed by atoms with van der Waals surface area (Å²) in [5, 5.41) is 0. The maximum absolute atomic E-state index is 5.26. The molecule has 1 unspecified atom stereocenters. The zero-order chi connectivity index (χ0) is 13.2. The van der Waals surface area contributed by atoms with Crippen LogP contribution in [0.3, 0.4) is 0 Å². The van der Waals surface area contributed by atoms with Crippen LogP contribution in [0.25, 0.3) is 5.65 Å². The van der Waals surface area contributed by atoms with E-state index in [1.165, 1.54) is 31.5 Å². The molecule has 0 amide bonds. The Labute approximate surface area is 114 Å². The van der Waals surface area contributed by atoms with E-state index >= 15 is 0 Å². The van der Waals surface area contributed by atoms with E-state index in [1.807, 2.05) is 18.3 Å². The number of hydrogen-bond donors (Lipinski definition) is 0. The number of rotatable bonds is 3. The van der Waals surface area contributed by atoms with Crippen molar-refractivity contribution < 1.29 is 4.74 Å². The van der Waals surface area contributed by atoms with Crippen LogP contribution in [0.5, 0.6) is 5.75 Å². The monoisotopic (exact) mass is 259 g/mol. The lowest BCUT2D eigenvalue weighted by Gasteiger charge is -2.33. The fourth-order valence-electron chi connectivity index (χ4n) is 2.98. The van der Waals surface area contributed by atoms with Crippen LogP contribution in [0.2, 0.25) is 0 Å². The number of fused-ring (bicyclic) bond motifs is 1. The smallest absolute Gasteiger partial charge is 0.137 e. The van der Waals surface area contributed by atoms with Gasteiger partial charge in [0.2, 0.25) is 0 Å². The summed E-state index contributed by atoms with van der Waals surface area (Å²) in [5.74, 6) is 0.868. The van der Waals surface area contributed by atoms with Gasteiger partial charge in [-0.25, -0.2) is 4.98 Å². The molecule has 3 heterocycles. The standard InChI is InChI=1S/C15H21N3O/c1-3-17-9-5-4-6-14(17)13-11-18-10-12(19-2)7-8-15(18)16-13/h7-8,10-11,14H,3-6,9H2,1-2H3. The lowest BCUT2D eigenvalue weighted by atomic mass is 10.00. The van der Waals surface area contributed by atoms with E-state index in [0.717, 1.165) is 17.9 Å². The van der Waals surface area contributed by atoms with E-state index in [0.29, 0.717) is 6.04 Å². The van der Waals surface area contributed by atoms with Crippen LogP contribution in [-0.2, 0) is 0 Å². The van der Waals surface area contributed by atoms with E-state index in [4.69, 9.17) is 9.72 Å². The zero-order valence-electron chi connectivity index (χ0n) is 11.7. The van der Waals surface area contributed by atoms with Gasteiger partial charge in [0.25, 0.3) is 0 Å². The third-order valence-corrected chi connectivity index (χ3v) is 4.04. The van der Waals surface area contributed by atoms with Crippen LogP contribution >= 0.6 is 0 Å². The molecule has 2 aromatic rings. The molecule has 2 aromatic heterocycles. The van der Waals surface area contributed by atoms with Crippen molar-refractivity contribution in [3.63, 3.8) is 0 Å². The number of methoxy groups -OCH3 is 1. The first-order valence-electron chi connectivity index (χ1n) is 7.08. The van der Waals surface area contributed by atoms with Gasteiger partial charge in [-0.15, -0.1) is 0 Å². The van der Waals surface area contributed by atoms with Crippen molar-refractivity contribution in [1.82, 2.24) is 14.3 Å². The Morgan fingerprint density at radius 2 is 2.21 bits per heavy atom. The van der Waals surface area contributed by atoms with Gasteiger partial charge in [-0.3, -0.25) is 4.90 Å². The summed E-state index contributed by atoms with van der Waals surface area (Å²) >= 11 is 0. The highest BCUT2D eigenvalue weighted by Crippen LogP contribution is 2.30. The van der Waals surface area contributed by atoms with E-state index in [9.17, 15) is 0 Å². The molecule has 1 saturated heterocycles. The Morgan fingerprint density at radius 1 is 1.32 bits per heavy atom. The number of nitrogens with zero attached hydrogens (tertiary/aromatic N) is 3. The molecule has 1 atom stereocenters. The molecule has 102 valence electrons. The quantitative estimate of drug-likeness (QED) is 0.849. The normalized spacial score (nSPS) is 20.8. The zero-order valence-corrected chi connectivity index (χ0v) is 11.7. The van der Waals surface area contributed by atoms with Crippen LogP contribution in [0.15, 0.2) is 24.5 Å². The van der Waals surface area contributed by atoms with Gasteiger partial charge >= 0.3 is 0 Å². The van der Waals surface area contributed by atoms with Gasteiger partial charge < -0.3 is 9.14 Å². The second-order valence-corrected chi connectivity index (χ2v) is 5.14. The van der Waals surface area contributed by atoms with Gasteiger partial charge in [0, 0.05) is 6.20 Å². The van der Waals surface area contributed by atoms with Gasteiger partial charge in [-0.2, -0.15) is 0 Å². The van der Waals surface area contributed by atoms with Gasteiger partial charge in [0.05, 0.1) is 25.0 Å². The summed E-state index contributed by atoms with van der Waals surface area (Å²) in [7, 11) is 1.69. The minimum absolute atomic E-state index is 0.477. The summed E-state index contributed by atoms with van der Waals surface area (Å²) in [5.41, 5.74) is 2.19. The fraction of sp³-hybridized carbons (Fsp3) is 0.533. The van der Waals surface area contributed by atoms with Gasteiger partial charge in [-0.05, 0) is 38.1 Å². The summed E-state index contributed by atoms with van der Waals surface area (Å²) in [4.78, 5) is 7.31. The predicted molar refractivity (Wildman–Crippen MR) is 75.6 cm³/mol. The summed E-state index contributed by atoms with van der Waals surface area (Å²) in [6.07, 6.45) is 7.97. The minimum Gasteiger partial charge on any atom is -0.495 e. The minimum atomic E-state index is 0.477. The molecule has 0 saturated carbocycles. The highest BCUT2D eigenvalue weighted by Gasteiger charge is 2.24. The molecule has 0 aliphatic carbocycles. The predicted octanol–water partition coefficient (Wildman–Crippen LogP) is 2.89. The van der Waals surface area contributed by atoms with Crippen LogP contribution in [0.1, 0.15) is 37.9 Å². The second-order valence-electron chi connectivity index (χ2n) is 5.14. The van der Waals surface area contributed by atoms with Crippen molar-refractivity contribution in [3.8, 4) is 5.75 Å². The molecule has 4 nitrogen and oxygen atoms in total. The van der Waals surface area contributed by atoms with E-state index in [1.54, 1.807) is 7.11 Å². The lowest BCUT2D eigenvalue weighted by Crippen LogP contribution is -2.33. The number of aromatic nitrogens is 2. The molecule has 1 aliphatic rings. The maximum atomic E-state index is 5.26. The van der Waals surface area contributed by atoms with Crippen LogP contribution in [0.4, 0.5) is 0 Å². The molecule has 1 fully saturated rings. The topological polar surface area (TPSA) is 29.8 Å². The van der Waals surface area contributed by atoms with Crippen molar-refractivity contribution in [2.45, 2.75) is 32.2 Å². The number of ether oxygens (including phenoxy) is 1. The molecule has 0 aromatic carbocycles. The van der Waals surface area contributed by atoms with Crippen molar-refractivity contribution in [2.75, 3.05) is 20.2 Å².